The van der Waals surface area contributed by atoms with Gasteiger partial charge in [-0.3, -0.25) is 0 Å². The normalized spacial score (nSPS) is 11.9. The molecule has 0 fully saturated rings. The Labute approximate surface area is 133 Å². The maximum Gasteiger partial charge on any atom is 0.242 e. The number of ether oxygens (including phenoxy) is 1. The van der Waals surface area contributed by atoms with Gasteiger partial charge in [0.05, 0.1) is 0 Å². The lowest BCUT2D eigenvalue weighted by atomic mass is 10.1. The molecule has 0 saturated carbocycles. The second-order valence-electron chi connectivity index (χ2n) is 5.06. The average molecular weight is 343 g/mol. The molecular weight excluding hydrogens is 311 g/mol. The van der Waals surface area contributed by atoms with Gasteiger partial charge in [-0.1, -0.05) is 62.7 Å². The van der Waals surface area contributed by atoms with Crippen LogP contribution < -0.4 is 0 Å². The van der Waals surface area contributed by atoms with E-state index >= 15 is 0 Å². The van der Waals surface area contributed by atoms with Crippen LogP contribution in [0.3, 0.4) is 0 Å². The smallest absolute Gasteiger partial charge is 0.242 e. The molecule has 3 nitrogen and oxygen atoms in total. The van der Waals surface area contributed by atoms with Crippen LogP contribution in [-0.4, -0.2) is 28.8 Å². The summed E-state index contributed by atoms with van der Waals surface area (Å²) in [6.07, 6.45) is 12.6. The van der Waals surface area contributed by atoms with Crippen LogP contribution in [0.5, 0.6) is 0 Å². The molecule has 0 aliphatic rings. The third-order valence-corrected chi connectivity index (χ3v) is 6.46. The molecule has 0 aromatic heterocycles. The summed E-state index contributed by atoms with van der Waals surface area (Å²) in [5.41, 5.74) is -3.01. The molecule has 0 saturated heterocycles. The van der Waals surface area contributed by atoms with Gasteiger partial charge in [0.1, 0.15) is 0 Å². The number of rotatable bonds is 15. The zero-order chi connectivity index (χ0) is 15.1. The molecule has 6 heteroatoms. The molecule has 0 heterocycles. The Balaban J connectivity index is 3.01. The van der Waals surface area contributed by atoms with Crippen LogP contribution in [0.15, 0.2) is 0 Å². The van der Waals surface area contributed by atoms with Crippen molar-refractivity contribution in [1.82, 2.24) is 0 Å². The quantitative estimate of drug-likeness (QED) is 0.328. The molecule has 0 unspecified atom stereocenters. The highest BCUT2D eigenvalue weighted by atomic mass is 32.9. The van der Waals surface area contributed by atoms with Crippen molar-refractivity contribution in [1.29, 1.82) is 0 Å². The van der Waals surface area contributed by atoms with Crippen LogP contribution in [0.2, 0.25) is 0 Å². The number of hydrogen-bond donors (Lipinski definition) is 2. The third kappa shape index (κ3) is 18.9. The van der Waals surface area contributed by atoms with Gasteiger partial charge in [-0.15, -0.1) is 0 Å². The zero-order valence-electron chi connectivity index (χ0n) is 12.8. The maximum absolute atomic E-state index is 9.05. The van der Waals surface area contributed by atoms with Gasteiger partial charge in [-0.2, -0.15) is 0 Å². The Morgan fingerprint density at radius 2 is 1.30 bits per heavy atom. The Kier molecular flexibility index (Phi) is 15.5. The summed E-state index contributed by atoms with van der Waals surface area (Å²) in [7, 11) is 0. The fourth-order valence-electron chi connectivity index (χ4n) is 2.05. The summed E-state index contributed by atoms with van der Waals surface area (Å²) in [5, 5.41) is 0. The van der Waals surface area contributed by atoms with Crippen molar-refractivity contribution in [3.63, 3.8) is 0 Å². The minimum atomic E-state index is -3.01. The molecule has 0 amide bonds. The van der Waals surface area contributed by atoms with E-state index in [9.17, 15) is 0 Å². The lowest BCUT2D eigenvalue weighted by Crippen LogP contribution is -1.92. The molecule has 2 N–H and O–H groups in total. The van der Waals surface area contributed by atoms with E-state index in [1.54, 1.807) is 0 Å². The molecule has 0 atom stereocenters. The summed E-state index contributed by atoms with van der Waals surface area (Å²) in [5.74, 6) is 0.782. The topological polar surface area (TPSA) is 49.7 Å². The molecule has 0 aromatic carbocycles. The minimum Gasteiger partial charge on any atom is -0.382 e. The second kappa shape index (κ2) is 14.8. The first-order chi connectivity index (χ1) is 9.56. The van der Waals surface area contributed by atoms with Gasteiger partial charge in [0.15, 0.2) is 0 Å². The highest BCUT2D eigenvalue weighted by Gasteiger charge is 2.06. The molecular formula is C14H31O3PS2. The predicted molar refractivity (Wildman–Crippen MR) is 93.8 cm³/mol. The maximum atomic E-state index is 9.05. The van der Waals surface area contributed by atoms with Gasteiger partial charge in [0.2, 0.25) is 5.69 Å². The molecule has 0 bridgehead atoms. The second-order valence-corrected chi connectivity index (χ2v) is 11.2. The Morgan fingerprint density at radius 3 is 1.75 bits per heavy atom. The van der Waals surface area contributed by atoms with Crippen LogP contribution in [0.1, 0.15) is 71.1 Å². The van der Waals surface area contributed by atoms with E-state index in [1.165, 1.54) is 57.8 Å². The van der Waals surface area contributed by atoms with Crippen molar-refractivity contribution in [2.75, 3.05) is 19.0 Å². The molecule has 0 aliphatic carbocycles. The van der Waals surface area contributed by atoms with Crippen molar-refractivity contribution in [2.24, 2.45) is 0 Å². The highest BCUT2D eigenvalue weighted by molar-refractivity contribution is 8.67. The standard InChI is InChI=1S/C14H31O3PS2/c1-2-17-13-11-9-7-5-3-4-6-8-10-12-14-20-18(15,16)19/h2-14H2,1H3,(H2,15,16,19). The van der Waals surface area contributed by atoms with Crippen molar-refractivity contribution < 1.29 is 14.5 Å². The Bertz CT molecular complexity index is 247. The van der Waals surface area contributed by atoms with E-state index in [4.69, 9.17) is 14.5 Å². The van der Waals surface area contributed by atoms with E-state index in [-0.39, 0.29) is 0 Å². The summed E-state index contributed by atoms with van der Waals surface area (Å²) < 4.78 is 5.31. The van der Waals surface area contributed by atoms with Crippen LogP contribution in [-0.2, 0) is 16.5 Å². The fourth-order valence-corrected chi connectivity index (χ4v) is 4.39. The van der Waals surface area contributed by atoms with Gasteiger partial charge in [-0.05, 0) is 31.6 Å². The van der Waals surface area contributed by atoms with E-state index in [1.807, 2.05) is 6.92 Å². The number of unbranched alkanes of at least 4 members (excludes halogenated alkanes) is 9. The molecule has 0 rings (SSSR count). The van der Waals surface area contributed by atoms with Gasteiger partial charge >= 0.3 is 0 Å². The average Bonchev–Trinajstić information content (AvgIpc) is 2.38. The lowest BCUT2D eigenvalue weighted by Gasteiger charge is -2.06. The fraction of sp³-hybridized carbons (Fsp3) is 1.00. The molecule has 0 radical (unpaired) electrons. The molecule has 20 heavy (non-hydrogen) atoms. The van der Waals surface area contributed by atoms with Gasteiger partial charge in [-0.25, -0.2) is 0 Å². The minimum absolute atomic E-state index is 0.782. The predicted octanol–water partition coefficient (Wildman–Crippen LogP) is 4.87. The van der Waals surface area contributed by atoms with Gasteiger partial charge < -0.3 is 14.5 Å². The van der Waals surface area contributed by atoms with Crippen molar-refractivity contribution in [3.05, 3.63) is 0 Å². The molecule has 122 valence electrons. The van der Waals surface area contributed by atoms with E-state index in [0.29, 0.717) is 0 Å². The Morgan fingerprint density at radius 1 is 0.850 bits per heavy atom. The summed E-state index contributed by atoms with van der Waals surface area (Å²) in [6.45, 7) is 3.80. The van der Waals surface area contributed by atoms with Crippen molar-refractivity contribution in [3.8, 4) is 0 Å². The van der Waals surface area contributed by atoms with Crippen molar-refractivity contribution >= 4 is 28.9 Å². The largest absolute Gasteiger partial charge is 0.382 e. The van der Waals surface area contributed by atoms with Crippen LogP contribution >= 0.6 is 17.1 Å². The van der Waals surface area contributed by atoms with Gasteiger partial charge in [0, 0.05) is 19.0 Å². The van der Waals surface area contributed by atoms with Crippen LogP contribution in [0.4, 0.5) is 0 Å². The SMILES string of the molecule is CCOCCCCCCCCCCCCSP(O)(O)=S. The zero-order valence-corrected chi connectivity index (χ0v) is 15.3. The Hall–Kier alpha value is 0.880. The summed E-state index contributed by atoms with van der Waals surface area (Å²) in [6, 6.07) is 0. The van der Waals surface area contributed by atoms with Gasteiger partial charge in [0.25, 0.3) is 0 Å². The molecule has 0 aliphatic heterocycles. The van der Waals surface area contributed by atoms with Crippen LogP contribution in [0.25, 0.3) is 0 Å². The first-order valence-corrected chi connectivity index (χ1v) is 12.1. The van der Waals surface area contributed by atoms with Crippen LogP contribution in [0, 0.1) is 0 Å². The monoisotopic (exact) mass is 342 g/mol. The highest BCUT2D eigenvalue weighted by Crippen LogP contribution is 2.50. The first-order valence-electron chi connectivity index (χ1n) is 7.84. The molecule has 0 spiro atoms. The lowest BCUT2D eigenvalue weighted by molar-refractivity contribution is 0.143. The molecule has 0 aromatic rings. The number of hydrogen-bond acceptors (Lipinski definition) is 3. The third-order valence-electron chi connectivity index (χ3n) is 3.15. The van der Waals surface area contributed by atoms with E-state index in [0.717, 1.165) is 36.8 Å². The van der Waals surface area contributed by atoms with E-state index < -0.39 is 5.69 Å². The summed E-state index contributed by atoms with van der Waals surface area (Å²) >= 11 is 5.70. The summed E-state index contributed by atoms with van der Waals surface area (Å²) in [4.78, 5) is 18.1. The first kappa shape index (κ1) is 20.9. The van der Waals surface area contributed by atoms with E-state index in [2.05, 4.69) is 11.8 Å². The van der Waals surface area contributed by atoms with Crippen molar-refractivity contribution in [2.45, 2.75) is 71.1 Å².